The molecular formula is C30H31ClN2O4. The third kappa shape index (κ3) is 5.97. The molecule has 3 aromatic carbocycles. The van der Waals surface area contributed by atoms with Crippen LogP contribution in [0, 0.1) is 6.92 Å². The van der Waals surface area contributed by atoms with Crippen molar-refractivity contribution in [3.8, 4) is 11.5 Å². The molecule has 0 aliphatic carbocycles. The van der Waals surface area contributed by atoms with Crippen LogP contribution in [0.1, 0.15) is 46.9 Å². The Morgan fingerprint density at radius 1 is 0.973 bits per heavy atom. The van der Waals surface area contributed by atoms with E-state index in [2.05, 4.69) is 31.3 Å². The van der Waals surface area contributed by atoms with Gasteiger partial charge in [-0.15, -0.1) is 0 Å². The molecule has 0 atom stereocenters. The molecule has 1 aromatic heterocycles. The van der Waals surface area contributed by atoms with Crippen LogP contribution in [0.15, 0.2) is 66.7 Å². The van der Waals surface area contributed by atoms with Crippen molar-refractivity contribution >= 4 is 34.3 Å². The second-order valence-corrected chi connectivity index (χ2v) is 9.63. The third-order valence-corrected chi connectivity index (χ3v) is 6.67. The van der Waals surface area contributed by atoms with Crippen molar-refractivity contribution in [1.29, 1.82) is 0 Å². The fourth-order valence-corrected chi connectivity index (χ4v) is 4.45. The van der Waals surface area contributed by atoms with E-state index in [1.807, 2.05) is 37.3 Å². The summed E-state index contributed by atoms with van der Waals surface area (Å²) >= 11 is 6.00. The molecule has 4 aromatic rings. The van der Waals surface area contributed by atoms with Gasteiger partial charge >= 0.3 is 0 Å². The molecule has 7 heteroatoms. The maximum absolute atomic E-state index is 13.4. The summed E-state index contributed by atoms with van der Waals surface area (Å²) in [6.07, 6.45) is 0.124. The molecule has 4 rings (SSSR count). The first-order valence-corrected chi connectivity index (χ1v) is 12.6. The zero-order chi connectivity index (χ0) is 26.5. The van der Waals surface area contributed by atoms with E-state index in [4.69, 9.17) is 21.1 Å². The van der Waals surface area contributed by atoms with Crippen LogP contribution in [-0.2, 0) is 11.2 Å². The van der Waals surface area contributed by atoms with Gasteiger partial charge in [0, 0.05) is 21.7 Å². The van der Waals surface area contributed by atoms with Gasteiger partial charge in [-0.05, 0) is 78.6 Å². The van der Waals surface area contributed by atoms with E-state index < -0.39 is 0 Å². The standard InChI is InChI=1S/C30H31ClN2O4/c1-19(2)21-7-11-24(12-8-21)37-16-15-32-29(34)18-26-20(3)33(28-14-13-25(36-4)17-27(26)28)30(35)22-5-9-23(31)10-6-22/h5-14,17,19H,15-16,18H2,1-4H3,(H,32,34). The van der Waals surface area contributed by atoms with Crippen LogP contribution in [0.2, 0.25) is 5.02 Å². The minimum absolute atomic E-state index is 0.124. The smallest absolute Gasteiger partial charge is 0.262 e. The highest BCUT2D eigenvalue weighted by molar-refractivity contribution is 6.30. The fraction of sp³-hybridized carbons (Fsp3) is 0.267. The van der Waals surface area contributed by atoms with Gasteiger partial charge in [-0.3, -0.25) is 14.2 Å². The summed E-state index contributed by atoms with van der Waals surface area (Å²) in [4.78, 5) is 26.3. The average molecular weight is 519 g/mol. The van der Waals surface area contributed by atoms with Crippen molar-refractivity contribution in [2.45, 2.75) is 33.1 Å². The molecule has 1 heterocycles. The van der Waals surface area contributed by atoms with E-state index in [9.17, 15) is 9.59 Å². The van der Waals surface area contributed by atoms with Crippen LogP contribution in [-0.4, -0.2) is 36.6 Å². The largest absolute Gasteiger partial charge is 0.497 e. The van der Waals surface area contributed by atoms with Crippen molar-refractivity contribution in [1.82, 2.24) is 9.88 Å². The number of aromatic nitrogens is 1. The van der Waals surface area contributed by atoms with Crippen molar-refractivity contribution < 1.29 is 19.1 Å². The lowest BCUT2D eigenvalue weighted by molar-refractivity contribution is -0.120. The van der Waals surface area contributed by atoms with Crippen LogP contribution >= 0.6 is 11.6 Å². The Morgan fingerprint density at radius 3 is 2.30 bits per heavy atom. The zero-order valence-electron chi connectivity index (χ0n) is 21.5. The molecule has 1 amide bonds. The Hall–Kier alpha value is -3.77. The Morgan fingerprint density at radius 2 is 1.65 bits per heavy atom. The molecule has 6 nitrogen and oxygen atoms in total. The molecule has 0 radical (unpaired) electrons. The Bertz CT molecular complexity index is 1410. The molecular weight excluding hydrogens is 488 g/mol. The minimum atomic E-state index is -0.187. The van der Waals surface area contributed by atoms with Gasteiger partial charge in [0.2, 0.25) is 5.91 Å². The second-order valence-electron chi connectivity index (χ2n) is 9.19. The number of fused-ring (bicyclic) bond motifs is 1. The maximum atomic E-state index is 13.4. The Labute approximate surface area is 222 Å². The summed E-state index contributed by atoms with van der Waals surface area (Å²) in [5.41, 5.74) is 3.96. The van der Waals surface area contributed by atoms with Gasteiger partial charge in [-0.25, -0.2) is 0 Å². The van der Waals surface area contributed by atoms with E-state index in [0.29, 0.717) is 46.6 Å². The number of halogens is 1. The number of nitrogens with zero attached hydrogens (tertiary/aromatic N) is 1. The lowest BCUT2D eigenvalue weighted by Crippen LogP contribution is -2.29. The van der Waals surface area contributed by atoms with Crippen LogP contribution in [0.5, 0.6) is 11.5 Å². The Kier molecular flexibility index (Phi) is 8.19. The van der Waals surface area contributed by atoms with Crippen molar-refractivity contribution in [2.75, 3.05) is 20.3 Å². The predicted molar refractivity (Wildman–Crippen MR) is 147 cm³/mol. The molecule has 0 unspecified atom stereocenters. The normalized spacial score (nSPS) is 11.1. The molecule has 0 spiro atoms. The molecule has 192 valence electrons. The van der Waals surface area contributed by atoms with Gasteiger partial charge in [-0.2, -0.15) is 0 Å². The topological polar surface area (TPSA) is 69.6 Å². The number of benzene rings is 3. The lowest BCUT2D eigenvalue weighted by atomic mass is 10.0. The van der Waals surface area contributed by atoms with Crippen LogP contribution in [0.4, 0.5) is 0 Å². The summed E-state index contributed by atoms with van der Waals surface area (Å²) in [5, 5.41) is 4.29. The first-order valence-electron chi connectivity index (χ1n) is 12.3. The molecule has 0 bridgehead atoms. The number of methoxy groups -OCH3 is 1. The number of ether oxygens (including phenoxy) is 2. The lowest BCUT2D eigenvalue weighted by Gasteiger charge is -2.10. The molecule has 0 saturated carbocycles. The van der Waals surface area contributed by atoms with Crippen LogP contribution in [0.3, 0.4) is 0 Å². The Balaban J connectivity index is 1.49. The van der Waals surface area contributed by atoms with Gasteiger partial charge in [0.25, 0.3) is 5.91 Å². The average Bonchev–Trinajstić information content (AvgIpc) is 3.17. The third-order valence-electron chi connectivity index (χ3n) is 6.41. The first-order chi connectivity index (χ1) is 17.8. The summed E-state index contributed by atoms with van der Waals surface area (Å²) in [6.45, 7) is 6.88. The number of hydrogen-bond acceptors (Lipinski definition) is 4. The van der Waals surface area contributed by atoms with E-state index in [1.54, 1.807) is 35.9 Å². The zero-order valence-corrected chi connectivity index (χ0v) is 22.3. The summed E-state index contributed by atoms with van der Waals surface area (Å²) < 4.78 is 12.8. The van der Waals surface area contributed by atoms with Crippen LogP contribution in [0.25, 0.3) is 10.9 Å². The van der Waals surface area contributed by atoms with E-state index in [-0.39, 0.29) is 18.2 Å². The fourth-order valence-electron chi connectivity index (χ4n) is 4.33. The number of carbonyl (C=O) groups is 2. The highest BCUT2D eigenvalue weighted by atomic mass is 35.5. The molecule has 37 heavy (non-hydrogen) atoms. The highest BCUT2D eigenvalue weighted by Crippen LogP contribution is 2.31. The summed E-state index contributed by atoms with van der Waals surface area (Å²) in [7, 11) is 1.59. The molecule has 0 fully saturated rings. The minimum Gasteiger partial charge on any atom is -0.497 e. The predicted octanol–water partition coefficient (Wildman–Crippen LogP) is 6.16. The molecule has 1 N–H and O–H groups in total. The number of hydrogen-bond donors (Lipinski definition) is 1. The van der Waals surface area contributed by atoms with E-state index in [1.165, 1.54) is 5.56 Å². The van der Waals surface area contributed by atoms with Gasteiger partial charge in [0.05, 0.1) is 25.6 Å². The SMILES string of the molecule is COc1ccc2c(c1)c(CC(=O)NCCOc1ccc(C(C)C)cc1)c(C)n2C(=O)c1ccc(Cl)cc1. The highest BCUT2D eigenvalue weighted by Gasteiger charge is 2.22. The van der Waals surface area contributed by atoms with Gasteiger partial charge in [0.1, 0.15) is 18.1 Å². The number of carbonyl (C=O) groups excluding carboxylic acids is 2. The molecule has 0 aliphatic rings. The maximum Gasteiger partial charge on any atom is 0.262 e. The van der Waals surface area contributed by atoms with Gasteiger partial charge < -0.3 is 14.8 Å². The monoisotopic (exact) mass is 518 g/mol. The van der Waals surface area contributed by atoms with Crippen molar-refractivity contribution in [3.05, 3.63) is 94.1 Å². The summed E-state index contributed by atoms with van der Waals surface area (Å²) in [5.74, 6) is 1.55. The van der Waals surface area contributed by atoms with E-state index in [0.717, 1.165) is 16.7 Å². The molecule has 0 saturated heterocycles. The molecule has 0 aliphatic heterocycles. The van der Waals surface area contributed by atoms with Crippen LogP contribution < -0.4 is 14.8 Å². The summed E-state index contributed by atoms with van der Waals surface area (Å²) in [6, 6.07) is 20.3. The number of nitrogens with one attached hydrogen (secondary N) is 1. The van der Waals surface area contributed by atoms with Gasteiger partial charge in [-0.1, -0.05) is 37.6 Å². The first kappa shape index (κ1) is 26.3. The van der Waals surface area contributed by atoms with Crippen molar-refractivity contribution in [2.24, 2.45) is 0 Å². The van der Waals surface area contributed by atoms with E-state index >= 15 is 0 Å². The number of rotatable bonds is 9. The van der Waals surface area contributed by atoms with Crippen molar-refractivity contribution in [3.63, 3.8) is 0 Å². The number of amides is 1. The van der Waals surface area contributed by atoms with Gasteiger partial charge in [0.15, 0.2) is 0 Å². The second kappa shape index (κ2) is 11.5. The quantitative estimate of drug-likeness (QED) is 0.269.